The van der Waals surface area contributed by atoms with E-state index in [0.717, 1.165) is 31.7 Å². The molecule has 2 aromatic heterocycles. The molecule has 3 heterocycles. The Morgan fingerprint density at radius 2 is 2.23 bits per heavy atom. The van der Waals surface area contributed by atoms with Gasteiger partial charge in [-0.1, -0.05) is 12.1 Å². The topological polar surface area (TPSA) is 52.1 Å². The van der Waals surface area contributed by atoms with Crippen LogP contribution in [0.5, 0.6) is 5.75 Å². The van der Waals surface area contributed by atoms with Crippen LogP contribution in [0.25, 0.3) is 11.0 Å². The first kappa shape index (κ1) is 13.3. The molecule has 22 heavy (non-hydrogen) atoms. The molecule has 1 saturated heterocycles. The third-order valence-electron chi connectivity index (χ3n) is 4.54. The van der Waals surface area contributed by atoms with Crippen molar-refractivity contribution in [3.63, 3.8) is 0 Å². The molecule has 4 nitrogen and oxygen atoms in total. The first-order valence-corrected chi connectivity index (χ1v) is 7.72. The van der Waals surface area contributed by atoms with Gasteiger partial charge in [-0.2, -0.15) is 0 Å². The van der Waals surface area contributed by atoms with E-state index in [4.69, 9.17) is 0 Å². The predicted molar refractivity (Wildman–Crippen MR) is 86.8 cm³/mol. The number of nitrogens with one attached hydrogen (secondary N) is 1. The van der Waals surface area contributed by atoms with Crippen LogP contribution in [0, 0.1) is 0 Å². The van der Waals surface area contributed by atoms with Crippen LogP contribution in [0.2, 0.25) is 0 Å². The van der Waals surface area contributed by atoms with Crippen LogP contribution in [0.1, 0.15) is 23.5 Å². The highest BCUT2D eigenvalue weighted by Crippen LogP contribution is 2.30. The second kappa shape index (κ2) is 5.46. The third-order valence-corrected chi connectivity index (χ3v) is 4.54. The zero-order chi connectivity index (χ0) is 14.9. The van der Waals surface area contributed by atoms with Crippen molar-refractivity contribution >= 4 is 11.0 Å². The van der Waals surface area contributed by atoms with Gasteiger partial charge in [-0.3, -0.25) is 4.90 Å². The quantitative estimate of drug-likeness (QED) is 0.779. The van der Waals surface area contributed by atoms with Crippen molar-refractivity contribution in [1.82, 2.24) is 14.9 Å². The summed E-state index contributed by atoms with van der Waals surface area (Å²) in [4.78, 5) is 10.1. The second-order valence-electron chi connectivity index (χ2n) is 6.03. The molecule has 1 fully saturated rings. The summed E-state index contributed by atoms with van der Waals surface area (Å²) in [6.45, 7) is 3.07. The Bertz CT molecular complexity index is 796. The van der Waals surface area contributed by atoms with E-state index in [9.17, 15) is 5.11 Å². The van der Waals surface area contributed by atoms with E-state index >= 15 is 0 Å². The number of hydrogen-bond acceptors (Lipinski definition) is 3. The number of benzene rings is 1. The van der Waals surface area contributed by atoms with Gasteiger partial charge in [-0.15, -0.1) is 0 Å². The van der Waals surface area contributed by atoms with Gasteiger partial charge in [0, 0.05) is 30.9 Å². The largest absolute Gasteiger partial charge is 0.508 e. The molecule has 1 aliphatic rings. The number of H-pyrrole nitrogens is 1. The minimum absolute atomic E-state index is 0.360. The lowest BCUT2D eigenvalue weighted by molar-refractivity contribution is 0.328. The number of rotatable bonds is 3. The molecule has 112 valence electrons. The summed E-state index contributed by atoms with van der Waals surface area (Å²) in [6.07, 6.45) is 5.03. The normalized spacial score (nSPS) is 19.0. The van der Waals surface area contributed by atoms with E-state index in [0.29, 0.717) is 11.7 Å². The van der Waals surface area contributed by atoms with Gasteiger partial charge in [0.05, 0.1) is 0 Å². The van der Waals surface area contributed by atoms with E-state index in [-0.39, 0.29) is 0 Å². The van der Waals surface area contributed by atoms with Crippen LogP contribution in [-0.4, -0.2) is 33.1 Å². The molecule has 1 unspecified atom stereocenters. The summed E-state index contributed by atoms with van der Waals surface area (Å²) in [5.74, 6) is 0.870. The number of likely N-dealkylation sites (tertiary alicyclic amines) is 1. The molecule has 2 N–H and O–H groups in total. The van der Waals surface area contributed by atoms with Crippen LogP contribution >= 0.6 is 0 Å². The Kier molecular flexibility index (Phi) is 3.31. The maximum atomic E-state index is 9.64. The highest BCUT2D eigenvalue weighted by Gasteiger charge is 2.24. The van der Waals surface area contributed by atoms with E-state index in [1.165, 1.54) is 16.5 Å². The molecular weight excluding hydrogens is 274 g/mol. The van der Waals surface area contributed by atoms with Crippen molar-refractivity contribution in [2.45, 2.75) is 18.9 Å². The summed E-state index contributed by atoms with van der Waals surface area (Å²) in [6, 6.07) is 11.8. The number of hydrogen-bond donors (Lipinski definition) is 2. The van der Waals surface area contributed by atoms with Gasteiger partial charge >= 0.3 is 0 Å². The fourth-order valence-electron chi connectivity index (χ4n) is 3.41. The average Bonchev–Trinajstić information content (AvgIpc) is 3.16. The maximum absolute atomic E-state index is 9.64. The Balaban J connectivity index is 1.49. The van der Waals surface area contributed by atoms with Crippen molar-refractivity contribution in [3.8, 4) is 5.75 Å². The molecule has 0 amide bonds. The number of aromatic hydroxyl groups is 1. The third kappa shape index (κ3) is 2.46. The summed E-state index contributed by atoms with van der Waals surface area (Å²) in [5, 5.41) is 10.9. The zero-order valence-electron chi connectivity index (χ0n) is 12.4. The Labute approximate surface area is 129 Å². The lowest BCUT2D eigenvalue weighted by Crippen LogP contribution is -2.19. The number of aromatic amines is 1. The molecule has 0 bridgehead atoms. The number of nitrogens with zero attached hydrogens (tertiary/aromatic N) is 2. The molecule has 4 rings (SSSR count). The van der Waals surface area contributed by atoms with E-state index in [1.807, 2.05) is 24.4 Å². The number of pyridine rings is 1. The van der Waals surface area contributed by atoms with Crippen LogP contribution in [0.15, 0.2) is 48.8 Å². The number of aromatic nitrogens is 2. The predicted octanol–water partition coefficient (Wildman–Crippen LogP) is 3.26. The van der Waals surface area contributed by atoms with Crippen molar-refractivity contribution in [1.29, 1.82) is 0 Å². The fraction of sp³-hybridized carbons (Fsp3) is 0.278. The highest BCUT2D eigenvalue weighted by molar-refractivity contribution is 5.79. The van der Waals surface area contributed by atoms with E-state index in [1.54, 1.807) is 6.07 Å². The van der Waals surface area contributed by atoms with Crippen molar-refractivity contribution in [2.24, 2.45) is 0 Å². The molecule has 4 heteroatoms. The smallest absolute Gasteiger partial charge is 0.137 e. The summed E-state index contributed by atoms with van der Waals surface area (Å²) in [5.41, 5.74) is 3.50. The summed E-state index contributed by atoms with van der Waals surface area (Å²) < 4.78 is 0. The lowest BCUT2D eigenvalue weighted by Gasteiger charge is -2.16. The van der Waals surface area contributed by atoms with Gasteiger partial charge in [-0.25, -0.2) is 4.98 Å². The van der Waals surface area contributed by atoms with Crippen LogP contribution in [-0.2, 0) is 6.54 Å². The maximum Gasteiger partial charge on any atom is 0.137 e. The monoisotopic (exact) mass is 293 g/mol. The number of phenolic OH excluding ortho intramolecular Hbond substituents is 1. The molecule has 1 atom stereocenters. The van der Waals surface area contributed by atoms with Gasteiger partial charge < -0.3 is 10.1 Å². The molecule has 0 aliphatic carbocycles. The first-order chi connectivity index (χ1) is 10.8. The van der Waals surface area contributed by atoms with Gasteiger partial charge in [0.2, 0.25) is 0 Å². The van der Waals surface area contributed by atoms with Crippen LogP contribution in [0.4, 0.5) is 0 Å². The fourth-order valence-corrected chi connectivity index (χ4v) is 3.41. The molecule has 0 spiro atoms. The molecule has 1 aliphatic heterocycles. The molecule has 0 radical (unpaired) electrons. The van der Waals surface area contributed by atoms with Crippen molar-refractivity contribution in [3.05, 3.63) is 59.9 Å². The van der Waals surface area contributed by atoms with Crippen LogP contribution < -0.4 is 0 Å². The Morgan fingerprint density at radius 1 is 1.27 bits per heavy atom. The molecule has 3 aromatic rings. The Hall–Kier alpha value is -2.33. The first-order valence-electron chi connectivity index (χ1n) is 7.72. The van der Waals surface area contributed by atoms with Crippen molar-refractivity contribution < 1.29 is 5.11 Å². The summed E-state index contributed by atoms with van der Waals surface area (Å²) >= 11 is 0. The average molecular weight is 293 g/mol. The standard InChI is InChI=1S/C18H19N3O/c22-16-4-1-3-13(9-16)14-6-8-21(11-14)12-15-10-20-18-17(15)5-2-7-19-18/h1-5,7,9-10,14,22H,6,8,11-12H2,(H,19,20). The number of fused-ring (bicyclic) bond motifs is 1. The van der Waals surface area contributed by atoms with E-state index < -0.39 is 0 Å². The highest BCUT2D eigenvalue weighted by atomic mass is 16.3. The van der Waals surface area contributed by atoms with Gasteiger partial charge in [-0.05, 0) is 54.3 Å². The lowest BCUT2D eigenvalue weighted by atomic mass is 9.98. The molecule has 0 saturated carbocycles. The SMILES string of the molecule is Oc1cccc(C2CCN(Cc3c[nH]c4ncccc34)C2)c1. The molecule has 1 aromatic carbocycles. The number of phenols is 1. The summed E-state index contributed by atoms with van der Waals surface area (Å²) in [7, 11) is 0. The Morgan fingerprint density at radius 3 is 3.14 bits per heavy atom. The minimum atomic E-state index is 0.360. The molecular formula is C18H19N3O. The van der Waals surface area contributed by atoms with Gasteiger partial charge in [0.15, 0.2) is 0 Å². The van der Waals surface area contributed by atoms with Gasteiger partial charge in [0.25, 0.3) is 0 Å². The zero-order valence-corrected chi connectivity index (χ0v) is 12.4. The van der Waals surface area contributed by atoms with E-state index in [2.05, 4.69) is 33.2 Å². The minimum Gasteiger partial charge on any atom is -0.508 e. The van der Waals surface area contributed by atoms with Crippen LogP contribution in [0.3, 0.4) is 0 Å². The van der Waals surface area contributed by atoms with Crippen molar-refractivity contribution in [2.75, 3.05) is 13.1 Å². The second-order valence-corrected chi connectivity index (χ2v) is 6.03. The van der Waals surface area contributed by atoms with Gasteiger partial charge in [0.1, 0.15) is 11.4 Å².